The number of likely N-dealkylation sites (tertiary alicyclic amines) is 2. The van der Waals surface area contributed by atoms with E-state index in [0.29, 0.717) is 72.1 Å². The molecule has 119 heavy (non-hydrogen) atoms. The highest BCUT2D eigenvalue weighted by Gasteiger charge is 2.44. The average molecular weight is 1650 g/mol. The molecule has 0 unspecified atom stereocenters. The SMILES string of the molecule is CN1CCN(Cc2cccc(C(=O)O)c2)CC1.Cc1cccc(F)c1C(=O)N1CCC[C@H](C(=O)Nc2ccc(CO)c(C(F)(F)F)c2)[C@@H]1c1ccc(NC2CCCC2)cc1.Cc1cccc(F)c1C(=O)N1CCC[C@H](C(=O)Nc2ccc(COC(=O)c3cccc(CN4CCN(C)CC4)c3)c(C(F)(F)F)c2)[C@@H]1c1ccc(NC2CCCC2)cc1. The van der Waals surface area contributed by atoms with Crippen LogP contribution in [-0.2, 0) is 53.0 Å². The third-order valence-electron chi connectivity index (χ3n) is 23.5. The van der Waals surface area contributed by atoms with E-state index in [1.165, 1.54) is 65.1 Å². The number of esters is 1. The molecule has 4 saturated heterocycles. The van der Waals surface area contributed by atoms with E-state index in [-0.39, 0.29) is 52.3 Å². The molecule has 4 amide bonds. The van der Waals surface area contributed by atoms with E-state index in [1.807, 2.05) is 66.7 Å². The topological polar surface area (TPSA) is 220 Å². The van der Waals surface area contributed by atoms with Gasteiger partial charge in [0.15, 0.2) is 0 Å². The first-order valence-electron chi connectivity index (χ1n) is 40.9. The molecule has 0 spiro atoms. The number of likely N-dealkylation sites (N-methyl/N-ethyl adjacent to an activating group) is 2. The van der Waals surface area contributed by atoms with Crippen molar-refractivity contribution in [2.45, 2.75) is 154 Å². The van der Waals surface area contributed by atoms with Crippen molar-refractivity contribution in [3.63, 3.8) is 0 Å². The van der Waals surface area contributed by atoms with Gasteiger partial charge in [-0.15, -0.1) is 0 Å². The molecule has 19 nitrogen and oxygen atoms in total. The molecule has 6 aliphatic rings. The van der Waals surface area contributed by atoms with Gasteiger partial charge in [0.1, 0.15) is 18.2 Å². The van der Waals surface area contributed by atoms with Gasteiger partial charge in [0.2, 0.25) is 11.8 Å². The number of hydrogen-bond donors (Lipinski definition) is 6. The minimum atomic E-state index is -4.83. The molecule has 8 aromatic rings. The average Bonchev–Trinajstić information content (AvgIpc) is 1.07. The van der Waals surface area contributed by atoms with Crippen LogP contribution in [0.2, 0.25) is 0 Å². The molecule has 0 radical (unpaired) electrons. The Labute approximate surface area is 689 Å². The number of benzene rings is 8. The van der Waals surface area contributed by atoms with Gasteiger partial charge in [0, 0.05) is 119 Å². The number of piperazine rings is 2. The van der Waals surface area contributed by atoms with Gasteiger partial charge in [-0.25, -0.2) is 18.4 Å². The van der Waals surface area contributed by atoms with E-state index in [9.17, 15) is 64.6 Å². The minimum Gasteiger partial charge on any atom is -0.478 e. The summed E-state index contributed by atoms with van der Waals surface area (Å²) >= 11 is 0. The Hall–Kier alpha value is -10.6. The number of aryl methyl sites for hydroxylation is 2. The fourth-order valence-electron chi connectivity index (χ4n) is 17.0. The lowest BCUT2D eigenvalue weighted by Crippen LogP contribution is -2.46. The summed E-state index contributed by atoms with van der Waals surface area (Å²) in [6.45, 7) is 11.8. The number of carboxylic acid groups (broad SMARTS) is 1. The number of carbonyl (C=O) groups is 6. The predicted molar refractivity (Wildman–Crippen MR) is 440 cm³/mol. The van der Waals surface area contributed by atoms with Crippen LogP contribution in [0.15, 0.2) is 170 Å². The Morgan fingerprint density at radius 3 is 1.24 bits per heavy atom. The van der Waals surface area contributed by atoms with Crippen LogP contribution in [0.5, 0.6) is 0 Å². The van der Waals surface area contributed by atoms with Gasteiger partial charge in [-0.1, -0.05) is 111 Å². The number of nitrogens with one attached hydrogen (secondary N) is 4. The third-order valence-corrected chi connectivity index (χ3v) is 23.5. The van der Waals surface area contributed by atoms with E-state index in [0.717, 1.165) is 138 Å². The maximum Gasteiger partial charge on any atom is 0.416 e. The number of aliphatic hydroxyl groups excluding tert-OH is 1. The van der Waals surface area contributed by atoms with Gasteiger partial charge in [-0.05, 0) is 203 Å². The number of nitrogens with zero attached hydrogens (tertiary/aromatic N) is 6. The fourth-order valence-corrected chi connectivity index (χ4v) is 17.0. The van der Waals surface area contributed by atoms with E-state index in [4.69, 9.17) is 9.84 Å². The van der Waals surface area contributed by atoms with E-state index in [1.54, 1.807) is 56.3 Å². The molecule has 6 N–H and O–H groups in total. The molecule has 6 fully saturated rings. The van der Waals surface area contributed by atoms with Crippen LogP contribution in [0, 0.1) is 37.3 Å². The second kappa shape index (κ2) is 40.0. The lowest BCUT2D eigenvalue weighted by atomic mass is 9.83. The van der Waals surface area contributed by atoms with Gasteiger partial charge in [0.25, 0.3) is 11.8 Å². The van der Waals surface area contributed by atoms with Crippen LogP contribution in [0.25, 0.3) is 0 Å². The van der Waals surface area contributed by atoms with E-state index >= 15 is 4.39 Å². The van der Waals surface area contributed by atoms with E-state index in [2.05, 4.69) is 55.0 Å². The first kappa shape index (κ1) is 87.7. The molecule has 2 saturated carbocycles. The Morgan fingerprint density at radius 2 is 0.832 bits per heavy atom. The van der Waals surface area contributed by atoms with Crippen molar-refractivity contribution >= 4 is 58.3 Å². The maximum atomic E-state index is 15.2. The summed E-state index contributed by atoms with van der Waals surface area (Å²) in [4.78, 5) is 92.1. The van der Waals surface area contributed by atoms with Crippen molar-refractivity contribution in [1.82, 2.24) is 29.4 Å². The standard InChI is InChI=1S/C46H51F4N5O4.C33H35F4N3O3.C13H18N2O2/c1-30-8-5-14-40(47)41(30)44(57)55-21-7-13-38(42(55)32-15-18-36(19-16-32)51-35-11-3-4-12-35)43(56)52-37-20-17-34(39(27-37)46(48,49)50)29-59-45(58)33-10-6-9-31(26-33)28-54-24-22-53(2)23-25-54;1-20-6-4-10-28(34)29(20)32(43)40-17-5-9-26(30(40)21-11-14-24(15-12-21)38-23-7-2-3-8-23)31(42)39-25-16-13-22(19-41)27(18-25)33(35,36)37;1-14-5-7-15(8-6-14)10-11-3-2-4-12(9-11)13(16)17/h5-6,8-10,14-20,26-27,35,38,42,51H,3-4,7,11-13,21-25,28-29H2,1-2H3,(H,52,56);4,6,10-16,18,23,26,30,38,41H,2-3,5,7-9,17,19H2,1H3,(H,39,42);2-4,9H,5-8,10H2,1H3,(H,16,17)/t38-,42-;26-,30-;/m00./s1. The van der Waals surface area contributed by atoms with Crippen molar-refractivity contribution in [2.75, 3.05) is 101 Å². The summed E-state index contributed by atoms with van der Waals surface area (Å²) in [5, 5.41) is 30.7. The number of ether oxygens (including phenoxy) is 1. The molecule has 4 aliphatic heterocycles. The summed E-state index contributed by atoms with van der Waals surface area (Å²) in [5.74, 6) is -6.83. The number of piperidine rings is 2. The van der Waals surface area contributed by atoms with Crippen LogP contribution >= 0.6 is 0 Å². The zero-order valence-corrected chi connectivity index (χ0v) is 67.5. The number of alkyl halides is 6. The normalized spacial score (nSPS) is 19.2. The highest BCUT2D eigenvalue weighted by Crippen LogP contribution is 2.44. The van der Waals surface area contributed by atoms with E-state index < -0.39 is 108 Å². The number of rotatable bonds is 21. The number of aliphatic hydroxyl groups is 1. The largest absolute Gasteiger partial charge is 0.478 e. The van der Waals surface area contributed by atoms with Gasteiger partial charge >= 0.3 is 24.3 Å². The fraction of sp³-hybridized carbons (Fsp3) is 0.413. The summed E-state index contributed by atoms with van der Waals surface area (Å²) in [5.41, 5.74) is 3.69. The number of carboxylic acids is 1. The monoisotopic (exact) mass is 1640 g/mol. The number of aromatic carboxylic acids is 1. The van der Waals surface area contributed by atoms with Crippen molar-refractivity contribution in [1.29, 1.82) is 0 Å². The van der Waals surface area contributed by atoms with Gasteiger partial charge in [-0.2, -0.15) is 26.3 Å². The molecule has 2 aliphatic carbocycles. The van der Waals surface area contributed by atoms with Crippen molar-refractivity contribution < 1.29 is 78.8 Å². The number of anilines is 4. The molecular formula is C92H104F8N10O9. The second-order valence-electron chi connectivity index (χ2n) is 32.1. The number of hydrogen-bond acceptors (Lipinski definition) is 14. The lowest BCUT2D eigenvalue weighted by Gasteiger charge is -2.41. The van der Waals surface area contributed by atoms with Crippen molar-refractivity contribution in [2.24, 2.45) is 11.8 Å². The van der Waals surface area contributed by atoms with Crippen LogP contribution in [0.4, 0.5) is 57.9 Å². The van der Waals surface area contributed by atoms with Crippen LogP contribution < -0.4 is 21.3 Å². The molecule has 4 atom stereocenters. The highest BCUT2D eigenvalue weighted by atomic mass is 19.4. The van der Waals surface area contributed by atoms with Crippen LogP contribution in [0.3, 0.4) is 0 Å². The summed E-state index contributed by atoms with van der Waals surface area (Å²) in [7, 11) is 4.20. The van der Waals surface area contributed by atoms with Gasteiger partial charge in [-0.3, -0.25) is 29.0 Å². The number of carbonyl (C=O) groups excluding carboxylic acids is 5. The maximum absolute atomic E-state index is 15.2. The van der Waals surface area contributed by atoms with Gasteiger partial charge in [0.05, 0.1) is 63.9 Å². The molecule has 0 bridgehead atoms. The minimum absolute atomic E-state index is 0.0671. The quantitative estimate of drug-likeness (QED) is 0.0291. The van der Waals surface area contributed by atoms with Crippen molar-refractivity contribution in [3.05, 3.63) is 259 Å². The first-order chi connectivity index (χ1) is 57.0. The number of halogens is 8. The van der Waals surface area contributed by atoms with Gasteiger partial charge < -0.3 is 55.8 Å². The molecular weight excluding hydrogens is 1540 g/mol. The molecule has 0 aromatic heterocycles. The van der Waals surface area contributed by atoms with Crippen LogP contribution in [0.1, 0.15) is 186 Å². The third kappa shape index (κ3) is 22.9. The zero-order valence-electron chi connectivity index (χ0n) is 67.5. The molecule has 4 heterocycles. The molecule has 14 rings (SSSR count). The summed E-state index contributed by atoms with van der Waals surface area (Å²) < 4.78 is 120. The Bertz CT molecular complexity index is 4810. The zero-order chi connectivity index (χ0) is 84.7. The van der Waals surface area contributed by atoms with Crippen molar-refractivity contribution in [3.8, 4) is 0 Å². The highest BCUT2D eigenvalue weighted by molar-refractivity contribution is 6.00. The smallest absolute Gasteiger partial charge is 0.416 e. The number of amides is 4. The second-order valence-corrected chi connectivity index (χ2v) is 32.1. The molecule has 27 heteroatoms. The first-order valence-corrected chi connectivity index (χ1v) is 40.9. The summed E-state index contributed by atoms with van der Waals surface area (Å²) in [6, 6.07) is 43.7. The molecule has 8 aromatic carbocycles. The predicted octanol–water partition coefficient (Wildman–Crippen LogP) is 17.2. The molecule has 632 valence electrons. The summed E-state index contributed by atoms with van der Waals surface area (Å²) in [6.07, 6.45) is 1.04. The lowest BCUT2D eigenvalue weighted by molar-refractivity contribution is -0.139. The Balaban J connectivity index is 0.000000188. The Kier molecular flexibility index (Phi) is 29.5. The Morgan fingerprint density at radius 1 is 0.445 bits per heavy atom. The van der Waals surface area contributed by atoms with Crippen LogP contribution in [-0.4, -0.2) is 167 Å².